The highest BCUT2D eigenvalue weighted by Crippen LogP contribution is 2.19. The predicted molar refractivity (Wildman–Crippen MR) is 63.1 cm³/mol. The summed E-state index contributed by atoms with van der Waals surface area (Å²) in [5.41, 5.74) is 0. The number of likely N-dealkylation sites (tertiary alicyclic amines) is 1. The molecule has 1 aliphatic rings. The Balaban J connectivity index is 2.45. The third-order valence-corrected chi connectivity index (χ3v) is 3.08. The van der Waals surface area contributed by atoms with E-state index in [9.17, 15) is 9.59 Å². The molecule has 2 amide bonds. The van der Waals surface area contributed by atoms with Crippen molar-refractivity contribution in [3.05, 3.63) is 0 Å². The minimum atomic E-state index is -1.59. The Morgan fingerprint density at radius 1 is 1.39 bits per heavy atom. The molecule has 1 rings (SSSR count). The van der Waals surface area contributed by atoms with Crippen molar-refractivity contribution in [3.63, 3.8) is 0 Å². The number of aliphatic carboxylic acids is 1. The first-order valence-electron chi connectivity index (χ1n) is 6.12. The van der Waals surface area contributed by atoms with E-state index >= 15 is 0 Å². The van der Waals surface area contributed by atoms with Crippen molar-refractivity contribution in [2.45, 2.75) is 37.8 Å². The number of carboxylic acid groups (broad SMARTS) is 1. The molecule has 0 aliphatic carbocycles. The van der Waals surface area contributed by atoms with Crippen LogP contribution in [0.5, 0.6) is 0 Å². The molecule has 18 heavy (non-hydrogen) atoms. The van der Waals surface area contributed by atoms with E-state index in [-0.39, 0.29) is 25.2 Å². The number of aliphatic hydroxyl groups excluding tert-OH is 2. The Morgan fingerprint density at radius 2 is 2.11 bits per heavy atom. The van der Waals surface area contributed by atoms with Gasteiger partial charge in [0.15, 0.2) is 6.10 Å². The maximum absolute atomic E-state index is 11.8. The molecule has 0 aromatic heterocycles. The van der Waals surface area contributed by atoms with Crippen LogP contribution in [0.4, 0.5) is 4.79 Å². The minimum Gasteiger partial charge on any atom is -0.479 e. The highest BCUT2D eigenvalue weighted by Gasteiger charge is 2.26. The first-order chi connectivity index (χ1) is 8.56. The van der Waals surface area contributed by atoms with Gasteiger partial charge in [0, 0.05) is 19.2 Å². The lowest BCUT2D eigenvalue weighted by atomic mass is 10.0. The molecule has 1 heterocycles. The van der Waals surface area contributed by atoms with Crippen molar-refractivity contribution in [1.29, 1.82) is 0 Å². The van der Waals surface area contributed by atoms with Gasteiger partial charge in [-0.1, -0.05) is 0 Å². The van der Waals surface area contributed by atoms with Gasteiger partial charge in [-0.05, 0) is 25.7 Å². The number of rotatable bonds is 5. The molecule has 7 nitrogen and oxygen atoms in total. The van der Waals surface area contributed by atoms with Gasteiger partial charge in [-0.15, -0.1) is 0 Å². The van der Waals surface area contributed by atoms with Crippen LogP contribution in [0.25, 0.3) is 0 Å². The van der Waals surface area contributed by atoms with Gasteiger partial charge in [0.25, 0.3) is 0 Å². The Morgan fingerprint density at radius 3 is 2.72 bits per heavy atom. The van der Waals surface area contributed by atoms with E-state index in [0.717, 1.165) is 19.3 Å². The van der Waals surface area contributed by atoms with Crippen molar-refractivity contribution in [1.82, 2.24) is 10.2 Å². The number of carbonyl (C=O) groups is 2. The fraction of sp³-hybridized carbons (Fsp3) is 0.818. The standard InChI is InChI=1S/C11H20N2O5/c14-6-4-8-3-1-2-5-13(8)11(18)12-7-9(15)10(16)17/h8-9,14-15H,1-7H2,(H,12,18)(H,16,17)/t8?,9-/m0/s1. The van der Waals surface area contributed by atoms with Crippen LogP contribution >= 0.6 is 0 Å². The van der Waals surface area contributed by atoms with E-state index in [0.29, 0.717) is 13.0 Å². The molecule has 0 bridgehead atoms. The van der Waals surface area contributed by atoms with Crippen molar-refractivity contribution in [2.75, 3.05) is 19.7 Å². The number of piperidine rings is 1. The van der Waals surface area contributed by atoms with E-state index in [2.05, 4.69) is 5.32 Å². The van der Waals surface area contributed by atoms with Crippen LogP contribution in [0, 0.1) is 0 Å². The molecule has 104 valence electrons. The van der Waals surface area contributed by atoms with Crippen LogP contribution in [-0.4, -0.2) is 64.1 Å². The van der Waals surface area contributed by atoms with E-state index in [1.54, 1.807) is 4.90 Å². The molecule has 4 N–H and O–H groups in total. The highest BCUT2D eigenvalue weighted by atomic mass is 16.4. The van der Waals surface area contributed by atoms with E-state index < -0.39 is 12.1 Å². The van der Waals surface area contributed by atoms with Gasteiger partial charge >= 0.3 is 12.0 Å². The second-order valence-electron chi connectivity index (χ2n) is 4.40. The van der Waals surface area contributed by atoms with Crippen LogP contribution in [0.2, 0.25) is 0 Å². The maximum atomic E-state index is 11.8. The van der Waals surface area contributed by atoms with E-state index in [4.69, 9.17) is 15.3 Å². The minimum absolute atomic E-state index is 0.00859. The normalized spacial score (nSPS) is 21.4. The SMILES string of the molecule is O=C(O)[C@@H](O)CNC(=O)N1CCCCC1CCO. The Bertz CT molecular complexity index is 295. The Hall–Kier alpha value is -1.34. The summed E-state index contributed by atoms with van der Waals surface area (Å²) < 4.78 is 0. The zero-order valence-electron chi connectivity index (χ0n) is 10.2. The topological polar surface area (TPSA) is 110 Å². The number of carboxylic acids is 1. The molecule has 2 atom stereocenters. The number of nitrogens with zero attached hydrogens (tertiary/aromatic N) is 1. The summed E-state index contributed by atoms with van der Waals surface area (Å²) >= 11 is 0. The van der Waals surface area contributed by atoms with Crippen molar-refractivity contribution in [3.8, 4) is 0 Å². The van der Waals surface area contributed by atoms with Crippen molar-refractivity contribution >= 4 is 12.0 Å². The molecule has 1 aliphatic heterocycles. The fourth-order valence-electron chi connectivity index (χ4n) is 2.09. The molecule has 0 saturated carbocycles. The molecule has 1 saturated heterocycles. The molecule has 0 aromatic carbocycles. The van der Waals surface area contributed by atoms with Crippen LogP contribution < -0.4 is 5.32 Å². The summed E-state index contributed by atoms with van der Waals surface area (Å²) in [5.74, 6) is -1.36. The van der Waals surface area contributed by atoms with Gasteiger partial charge in [0.2, 0.25) is 0 Å². The second kappa shape index (κ2) is 7.17. The Kier molecular flexibility index (Phi) is 5.87. The average Bonchev–Trinajstić information content (AvgIpc) is 2.36. The summed E-state index contributed by atoms with van der Waals surface area (Å²) in [6.07, 6.45) is 1.70. The summed E-state index contributed by atoms with van der Waals surface area (Å²) in [4.78, 5) is 23.9. The monoisotopic (exact) mass is 260 g/mol. The van der Waals surface area contributed by atoms with Gasteiger partial charge in [-0.3, -0.25) is 0 Å². The second-order valence-corrected chi connectivity index (χ2v) is 4.40. The van der Waals surface area contributed by atoms with E-state index in [1.807, 2.05) is 0 Å². The first-order valence-corrected chi connectivity index (χ1v) is 6.12. The smallest absolute Gasteiger partial charge is 0.334 e. The molecule has 0 aromatic rings. The van der Waals surface area contributed by atoms with E-state index in [1.165, 1.54) is 0 Å². The lowest BCUT2D eigenvalue weighted by molar-refractivity contribution is -0.146. The number of amides is 2. The molecule has 7 heteroatoms. The first kappa shape index (κ1) is 14.7. The summed E-state index contributed by atoms with van der Waals surface area (Å²) in [7, 11) is 0. The maximum Gasteiger partial charge on any atom is 0.334 e. The third-order valence-electron chi connectivity index (χ3n) is 3.08. The van der Waals surface area contributed by atoms with Crippen LogP contribution in [0.1, 0.15) is 25.7 Å². The van der Waals surface area contributed by atoms with Gasteiger partial charge in [0.05, 0.1) is 6.54 Å². The summed E-state index contributed by atoms with van der Waals surface area (Å²) in [5, 5.41) is 28.9. The Labute approximate surface area is 105 Å². The van der Waals surface area contributed by atoms with Gasteiger partial charge < -0.3 is 25.5 Å². The largest absolute Gasteiger partial charge is 0.479 e. The number of hydrogen-bond acceptors (Lipinski definition) is 4. The number of hydrogen-bond donors (Lipinski definition) is 4. The lowest BCUT2D eigenvalue weighted by Crippen LogP contribution is -2.50. The summed E-state index contributed by atoms with van der Waals surface area (Å²) in [6.45, 7) is 0.308. The van der Waals surface area contributed by atoms with Crippen LogP contribution in [0.3, 0.4) is 0 Å². The summed E-state index contributed by atoms with van der Waals surface area (Å²) in [6, 6.07) is -0.390. The number of carbonyl (C=O) groups excluding carboxylic acids is 1. The number of nitrogens with one attached hydrogen (secondary N) is 1. The van der Waals surface area contributed by atoms with Crippen LogP contribution in [0.15, 0.2) is 0 Å². The molecular weight excluding hydrogens is 240 g/mol. The number of urea groups is 1. The van der Waals surface area contributed by atoms with Gasteiger partial charge in [0.1, 0.15) is 0 Å². The highest BCUT2D eigenvalue weighted by molar-refractivity contribution is 5.77. The molecule has 1 unspecified atom stereocenters. The lowest BCUT2D eigenvalue weighted by Gasteiger charge is -2.35. The van der Waals surface area contributed by atoms with Crippen molar-refractivity contribution in [2.24, 2.45) is 0 Å². The van der Waals surface area contributed by atoms with Gasteiger partial charge in [-0.25, -0.2) is 9.59 Å². The zero-order valence-corrected chi connectivity index (χ0v) is 10.2. The van der Waals surface area contributed by atoms with Crippen molar-refractivity contribution < 1.29 is 24.9 Å². The molecular formula is C11H20N2O5. The molecule has 0 radical (unpaired) electrons. The molecule has 0 spiro atoms. The van der Waals surface area contributed by atoms with Gasteiger partial charge in [-0.2, -0.15) is 0 Å². The zero-order chi connectivity index (χ0) is 13.5. The fourth-order valence-corrected chi connectivity index (χ4v) is 2.09. The predicted octanol–water partition coefficient (Wildman–Crippen LogP) is -0.622. The average molecular weight is 260 g/mol. The van der Waals surface area contributed by atoms with Crippen LogP contribution in [-0.2, 0) is 4.79 Å². The quantitative estimate of drug-likeness (QED) is 0.526. The third kappa shape index (κ3) is 4.15. The number of aliphatic hydroxyl groups is 2. The molecule has 1 fully saturated rings.